The fraction of sp³-hybridized carbons (Fsp3) is 0.438. The maximum atomic E-state index is 12.9. The Balaban J connectivity index is 2.66. The third-order valence-corrected chi connectivity index (χ3v) is 3.27. The number of Topliss-reactive ketones (excluding diaryl/α,β-unsaturated/α-hetero) is 1. The molecule has 0 amide bonds. The molecule has 0 atom stereocenters. The third-order valence-electron chi connectivity index (χ3n) is 3.27. The summed E-state index contributed by atoms with van der Waals surface area (Å²) in [5, 5.41) is 0.180. The molecule has 0 bridgehead atoms. The van der Waals surface area contributed by atoms with Crippen molar-refractivity contribution in [3.8, 4) is 5.75 Å². The molecule has 4 nitrogen and oxygen atoms in total. The molecule has 0 saturated carbocycles. The number of fused-ring (bicyclic) bond motifs is 1. The minimum Gasteiger partial charge on any atom is -0.490 e. The first-order chi connectivity index (χ1) is 10.8. The molecule has 7 heteroatoms. The summed E-state index contributed by atoms with van der Waals surface area (Å²) in [4.78, 5) is 11.8. The molecule has 0 aliphatic heterocycles. The number of hydrogen-bond donors (Lipinski definition) is 0. The summed E-state index contributed by atoms with van der Waals surface area (Å²) >= 11 is 0. The normalized spacial score (nSPS) is 12.1. The Morgan fingerprint density at radius 1 is 1.30 bits per heavy atom. The Bertz CT molecular complexity index is 704. The average Bonchev–Trinajstić information content (AvgIpc) is 2.82. The summed E-state index contributed by atoms with van der Waals surface area (Å²) in [6, 6.07) is 4.91. The number of ether oxygens (including phenoxy) is 2. The molecule has 0 saturated heterocycles. The number of alkyl halides is 3. The second-order valence-electron chi connectivity index (χ2n) is 5.37. The van der Waals surface area contributed by atoms with Crippen molar-refractivity contribution in [3.63, 3.8) is 0 Å². The summed E-state index contributed by atoms with van der Waals surface area (Å²) in [6.45, 7) is 4.19. The minimum absolute atomic E-state index is 0.180. The zero-order valence-corrected chi connectivity index (χ0v) is 13.1. The van der Waals surface area contributed by atoms with E-state index in [0.717, 1.165) is 0 Å². The van der Waals surface area contributed by atoms with E-state index < -0.39 is 17.5 Å². The lowest BCUT2D eigenvalue weighted by Gasteiger charge is -2.12. The highest BCUT2D eigenvalue weighted by atomic mass is 19.4. The molecule has 1 aromatic heterocycles. The lowest BCUT2D eigenvalue weighted by Crippen LogP contribution is -2.22. The van der Waals surface area contributed by atoms with Crippen LogP contribution in [-0.4, -0.2) is 36.3 Å². The maximum Gasteiger partial charge on any atom is 0.454 e. The molecule has 0 aliphatic rings. The number of methoxy groups -OCH3 is 1. The predicted octanol–water partition coefficient (Wildman–Crippen LogP) is 3.82. The largest absolute Gasteiger partial charge is 0.490 e. The van der Waals surface area contributed by atoms with Gasteiger partial charge in [-0.25, -0.2) is 0 Å². The third kappa shape index (κ3) is 3.67. The maximum absolute atomic E-state index is 12.9. The molecular weight excluding hydrogens is 311 g/mol. The van der Waals surface area contributed by atoms with E-state index in [9.17, 15) is 18.0 Å². The van der Waals surface area contributed by atoms with Gasteiger partial charge in [-0.1, -0.05) is 6.07 Å². The second kappa shape index (κ2) is 6.62. The van der Waals surface area contributed by atoms with E-state index in [1.165, 1.54) is 13.3 Å². The molecule has 0 radical (unpaired) electrons. The first-order valence-electron chi connectivity index (χ1n) is 7.14. The summed E-state index contributed by atoms with van der Waals surface area (Å²) in [5.41, 5.74) is 0.104. The molecule has 0 spiro atoms. The van der Waals surface area contributed by atoms with E-state index in [1.807, 2.05) is 0 Å². The quantitative estimate of drug-likeness (QED) is 0.757. The monoisotopic (exact) mass is 329 g/mol. The number of halogens is 3. The fourth-order valence-electron chi connectivity index (χ4n) is 2.37. The summed E-state index contributed by atoms with van der Waals surface area (Å²) in [6.07, 6.45) is -3.95. The zero-order valence-electron chi connectivity index (χ0n) is 13.1. The minimum atomic E-state index is -4.94. The van der Waals surface area contributed by atoms with Crippen LogP contribution in [0.3, 0.4) is 0 Å². The van der Waals surface area contributed by atoms with Gasteiger partial charge in [-0.3, -0.25) is 4.79 Å². The lowest BCUT2D eigenvalue weighted by atomic mass is 10.1. The molecule has 126 valence electrons. The van der Waals surface area contributed by atoms with Crippen molar-refractivity contribution < 1.29 is 27.4 Å². The van der Waals surface area contributed by atoms with E-state index in [-0.39, 0.29) is 17.2 Å². The number of carbonyl (C=O) groups is 1. The number of ketones is 1. The van der Waals surface area contributed by atoms with Gasteiger partial charge < -0.3 is 14.0 Å². The van der Waals surface area contributed by atoms with E-state index in [0.29, 0.717) is 18.7 Å². The number of carbonyl (C=O) groups excluding carboxylic acids is 1. The Kier molecular flexibility index (Phi) is 4.99. The second-order valence-corrected chi connectivity index (χ2v) is 5.37. The van der Waals surface area contributed by atoms with Crippen LogP contribution in [0.15, 0.2) is 24.4 Å². The van der Waals surface area contributed by atoms with Crippen LogP contribution in [0.2, 0.25) is 0 Å². The van der Waals surface area contributed by atoms with Crippen LogP contribution >= 0.6 is 0 Å². The molecule has 23 heavy (non-hydrogen) atoms. The number of rotatable bonds is 6. The Morgan fingerprint density at radius 3 is 2.57 bits per heavy atom. The van der Waals surface area contributed by atoms with Crippen molar-refractivity contribution in [1.29, 1.82) is 0 Å². The van der Waals surface area contributed by atoms with Gasteiger partial charge >= 0.3 is 6.18 Å². The molecule has 1 aromatic carbocycles. The van der Waals surface area contributed by atoms with E-state index in [4.69, 9.17) is 9.47 Å². The van der Waals surface area contributed by atoms with E-state index >= 15 is 0 Å². The van der Waals surface area contributed by atoms with Crippen molar-refractivity contribution in [1.82, 2.24) is 4.57 Å². The van der Waals surface area contributed by atoms with Crippen LogP contribution in [0.4, 0.5) is 13.2 Å². The summed E-state index contributed by atoms with van der Waals surface area (Å²) < 4.78 is 50.8. The Hall–Kier alpha value is -2.02. The number of nitrogens with zero attached hydrogens (tertiary/aromatic N) is 1. The van der Waals surface area contributed by atoms with Crippen molar-refractivity contribution in [2.24, 2.45) is 0 Å². The van der Waals surface area contributed by atoms with E-state index in [2.05, 4.69) is 0 Å². The van der Waals surface area contributed by atoms with Gasteiger partial charge in [0.25, 0.3) is 5.78 Å². The van der Waals surface area contributed by atoms with Crippen molar-refractivity contribution >= 4 is 16.7 Å². The Morgan fingerprint density at radius 2 is 2.00 bits per heavy atom. The molecule has 1 heterocycles. The molecule has 0 N–H and O–H groups in total. The lowest BCUT2D eigenvalue weighted by molar-refractivity contribution is -0.0884. The number of benzene rings is 1. The average molecular weight is 329 g/mol. The van der Waals surface area contributed by atoms with E-state index in [1.54, 1.807) is 36.6 Å². The van der Waals surface area contributed by atoms with Gasteiger partial charge in [0.15, 0.2) is 0 Å². The van der Waals surface area contributed by atoms with Crippen molar-refractivity contribution in [2.75, 3.05) is 13.7 Å². The zero-order chi connectivity index (χ0) is 17.2. The highest BCUT2D eigenvalue weighted by Crippen LogP contribution is 2.35. The van der Waals surface area contributed by atoms with Crippen LogP contribution in [0.25, 0.3) is 10.9 Å². The SMILES string of the molecule is COCCn1cc(C(=O)C(F)(F)F)c2c(OC(C)C)cccc21. The van der Waals surface area contributed by atoms with Crippen LogP contribution in [0.5, 0.6) is 5.75 Å². The fourth-order valence-corrected chi connectivity index (χ4v) is 2.37. The van der Waals surface area contributed by atoms with Crippen molar-refractivity contribution in [2.45, 2.75) is 32.7 Å². The van der Waals surface area contributed by atoms with Gasteiger partial charge in [-0.2, -0.15) is 13.2 Å². The van der Waals surface area contributed by atoms with Gasteiger partial charge in [0, 0.05) is 19.9 Å². The van der Waals surface area contributed by atoms with Crippen molar-refractivity contribution in [3.05, 3.63) is 30.0 Å². The standard InChI is InChI=1S/C16H18F3NO3/c1-10(2)23-13-6-4-5-12-14(13)11(15(21)16(17,18)19)9-20(12)7-8-22-3/h4-6,9-10H,7-8H2,1-3H3. The van der Waals surface area contributed by atoms with Gasteiger partial charge in [-0.15, -0.1) is 0 Å². The first kappa shape index (κ1) is 17.3. The summed E-state index contributed by atoms with van der Waals surface area (Å²) in [5.74, 6) is -1.61. The molecule has 0 unspecified atom stereocenters. The van der Waals surface area contributed by atoms with Gasteiger partial charge in [0.05, 0.1) is 29.2 Å². The molecule has 2 rings (SSSR count). The van der Waals surface area contributed by atoms with Gasteiger partial charge in [0.1, 0.15) is 5.75 Å². The van der Waals surface area contributed by atoms with Crippen LogP contribution in [0, 0.1) is 0 Å². The highest BCUT2D eigenvalue weighted by Gasteiger charge is 2.41. The Labute approximate surface area is 131 Å². The van der Waals surface area contributed by atoms with Crippen LogP contribution in [0.1, 0.15) is 24.2 Å². The number of aromatic nitrogens is 1. The topological polar surface area (TPSA) is 40.5 Å². The first-order valence-corrected chi connectivity index (χ1v) is 7.14. The summed E-state index contributed by atoms with van der Waals surface area (Å²) in [7, 11) is 1.50. The smallest absolute Gasteiger partial charge is 0.454 e. The van der Waals surface area contributed by atoms with Crippen LogP contribution < -0.4 is 4.74 Å². The van der Waals surface area contributed by atoms with Crippen LogP contribution in [-0.2, 0) is 11.3 Å². The molecule has 2 aromatic rings. The molecule has 0 fully saturated rings. The molecule has 0 aliphatic carbocycles. The predicted molar refractivity (Wildman–Crippen MR) is 80.0 cm³/mol. The van der Waals surface area contributed by atoms with Gasteiger partial charge in [0.2, 0.25) is 0 Å². The molecular formula is C16H18F3NO3. The number of hydrogen-bond acceptors (Lipinski definition) is 3. The van der Waals surface area contributed by atoms with Gasteiger partial charge in [-0.05, 0) is 26.0 Å². The highest BCUT2D eigenvalue weighted by molar-refractivity contribution is 6.12.